The molecule has 5 unspecified atom stereocenters. The largest absolute Gasteiger partial charge is 0.481 e. The van der Waals surface area contributed by atoms with Gasteiger partial charge in [-0.3, -0.25) is 4.79 Å². The molecule has 5 nitrogen and oxygen atoms in total. The molecule has 4 fully saturated rings. The number of rotatable bonds is 3. The van der Waals surface area contributed by atoms with Crippen molar-refractivity contribution in [1.82, 2.24) is 0 Å². The second kappa shape index (κ2) is 7.43. The molecule has 0 aliphatic heterocycles. The van der Waals surface area contributed by atoms with Crippen LogP contribution in [0.15, 0.2) is 23.8 Å². The second-order valence-corrected chi connectivity index (χ2v) is 13.6. The van der Waals surface area contributed by atoms with Crippen molar-refractivity contribution in [2.24, 2.45) is 51.1 Å². The van der Waals surface area contributed by atoms with E-state index in [0.29, 0.717) is 25.2 Å². The maximum atomic E-state index is 12.7. The molecule has 0 amide bonds. The van der Waals surface area contributed by atoms with Crippen molar-refractivity contribution in [3.8, 4) is 0 Å². The van der Waals surface area contributed by atoms with Gasteiger partial charge in [-0.15, -0.1) is 0 Å². The Bertz CT molecular complexity index is 944. The van der Waals surface area contributed by atoms with E-state index in [1.165, 1.54) is 5.57 Å². The van der Waals surface area contributed by atoms with Gasteiger partial charge < -0.3 is 21.1 Å². The average molecular weight is 472 g/mol. The lowest BCUT2D eigenvalue weighted by molar-refractivity contribution is -0.204. The molecular formula is C29H45NO4. The van der Waals surface area contributed by atoms with E-state index in [1.807, 2.05) is 0 Å². The minimum atomic E-state index is -0.715. The highest BCUT2D eigenvalue weighted by molar-refractivity contribution is 5.77. The van der Waals surface area contributed by atoms with E-state index < -0.39 is 28.4 Å². The number of carbonyl (C=O) groups is 1. The van der Waals surface area contributed by atoms with Crippen molar-refractivity contribution in [2.75, 3.05) is 6.61 Å². The fraction of sp³-hybridized carbons (Fsp3) is 0.828. The first-order valence-corrected chi connectivity index (χ1v) is 13.5. The van der Waals surface area contributed by atoms with Crippen molar-refractivity contribution in [3.05, 3.63) is 23.8 Å². The van der Waals surface area contributed by atoms with Gasteiger partial charge in [0.1, 0.15) is 0 Å². The van der Waals surface area contributed by atoms with Crippen molar-refractivity contribution in [2.45, 2.75) is 97.1 Å². The van der Waals surface area contributed by atoms with Crippen LogP contribution >= 0.6 is 0 Å². The van der Waals surface area contributed by atoms with Crippen molar-refractivity contribution >= 4 is 5.97 Å². The Morgan fingerprint density at radius 3 is 2.41 bits per heavy atom. The average Bonchev–Trinajstić information content (AvgIpc) is 3.18. The molecular weight excluding hydrogens is 426 g/mol. The zero-order valence-electron chi connectivity index (χ0n) is 21.6. The Morgan fingerprint density at radius 2 is 1.79 bits per heavy atom. The molecule has 0 heterocycles. The van der Waals surface area contributed by atoms with Crippen molar-refractivity contribution in [1.29, 1.82) is 0 Å². The summed E-state index contributed by atoms with van der Waals surface area (Å²) in [5.74, 6) is 0.0716. The number of aliphatic hydroxyl groups excluding tert-OH is 2. The van der Waals surface area contributed by atoms with E-state index in [2.05, 4.69) is 40.3 Å². The lowest BCUT2D eigenvalue weighted by atomic mass is 9.36. The second-order valence-electron chi connectivity index (χ2n) is 13.6. The summed E-state index contributed by atoms with van der Waals surface area (Å²) in [5.41, 5.74) is 7.98. The van der Waals surface area contributed by atoms with Crippen LogP contribution in [-0.4, -0.2) is 39.5 Å². The number of aliphatic carboxylic acids is 1. The molecule has 5 aliphatic rings. The molecule has 0 radical (unpaired) electrons. The molecule has 4 saturated carbocycles. The number of fused-ring (bicyclic) bond motifs is 7. The summed E-state index contributed by atoms with van der Waals surface area (Å²) in [4.78, 5) is 12.7. The topological polar surface area (TPSA) is 104 Å². The van der Waals surface area contributed by atoms with Gasteiger partial charge in [-0.1, -0.05) is 39.0 Å². The van der Waals surface area contributed by atoms with Crippen molar-refractivity contribution < 1.29 is 20.1 Å². The molecule has 5 N–H and O–H groups in total. The van der Waals surface area contributed by atoms with Gasteiger partial charge in [0.15, 0.2) is 0 Å². The molecule has 190 valence electrons. The molecule has 5 rings (SSSR count). The van der Waals surface area contributed by atoms with Crippen LogP contribution in [0.4, 0.5) is 0 Å². The smallest absolute Gasteiger partial charge is 0.310 e. The Morgan fingerprint density at radius 1 is 1.09 bits per heavy atom. The molecule has 0 bridgehead atoms. The quantitative estimate of drug-likeness (QED) is 0.448. The summed E-state index contributed by atoms with van der Waals surface area (Å²) in [6, 6.07) is 0. The van der Waals surface area contributed by atoms with Crippen LogP contribution in [0, 0.1) is 45.3 Å². The fourth-order valence-electron chi connectivity index (χ4n) is 10.4. The fourth-order valence-corrected chi connectivity index (χ4v) is 10.4. The molecule has 0 aromatic rings. The maximum absolute atomic E-state index is 12.7. The highest BCUT2D eigenvalue weighted by Gasteiger charge is 2.70. The number of aliphatic hydroxyl groups is 2. The van der Waals surface area contributed by atoms with Gasteiger partial charge in [0.2, 0.25) is 0 Å². The molecule has 5 heteroatoms. The SMILES string of the molecule is C=C(C)[C@@H]1CCC2(C(=O)O)CC[C@]3(N)C(=CCC4[C@@]5(C)CCC(O)[C@@](C)(CO)C5CC[C@]43C)C12. The zero-order valence-corrected chi connectivity index (χ0v) is 21.6. The molecule has 0 aromatic carbocycles. The van der Waals surface area contributed by atoms with E-state index in [1.54, 1.807) is 0 Å². The number of hydrogen-bond acceptors (Lipinski definition) is 4. The Hall–Kier alpha value is -1.17. The van der Waals surface area contributed by atoms with Gasteiger partial charge in [-0.2, -0.15) is 0 Å². The predicted molar refractivity (Wildman–Crippen MR) is 133 cm³/mol. The van der Waals surface area contributed by atoms with Crippen LogP contribution in [0.2, 0.25) is 0 Å². The number of allylic oxidation sites excluding steroid dienone is 2. The van der Waals surface area contributed by atoms with E-state index in [9.17, 15) is 20.1 Å². The molecule has 0 aromatic heterocycles. The standard InChI is InChI=1S/C29H45NO4/c1-17(2)18-8-13-28(24(33)34)14-15-29(30)19(23(18)28)6-7-21-25(3)11-10-22(32)26(4,16-31)20(25)9-12-27(21,29)5/h6,18,20-23,31-32H,1,7-16,30H2,2-5H3,(H,33,34)/t18-,20?,21?,22?,23?,25-,26-,27+,28?,29-/m0/s1. The van der Waals surface area contributed by atoms with Crippen LogP contribution in [0.25, 0.3) is 0 Å². The third-order valence-electron chi connectivity index (χ3n) is 12.5. The number of carboxylic acids is 1. The minimum absolute atomic E-state index is 0.0101. The molecule has 34 heavy (non-hydrogen) atoms. The minimum Gasteiger partial charge on any atom is -0.481 e. The molecule has 5 aliphatic carbocycles. The van der Waals surface area contributed by atoms with Gasteiger partial charge in [-0.25, -0.2) is 0 Å². The monoisotopic (exact) mass is 471 g/mol. The van der Waals surface area contributed by atoms with Gasteiger partial charge in [0.25, 0.3) is 0 Å². The van der Waals surface area contributed by atoms with E-state index >= 15 is 0 Å². The van der Waals surface area contributed by atoms with Crippen LogP contribution in [0.3, 0.4) is 0 Å². The first kappa shape index (κ1) is 24.5. The first-order chi connectivity index (χ1) is 15.8. The number of nitrogens with two attached hydrogens (primary N) is 1. The third kappa shape index (κ3) is 2.70. The van der Waals surface area contributed by atoms with Gasteiger partial charge in [0, 0.05) is 16.9 Å². The normalized spacial score (nSPS) is 54.2. The summed E-state index contributed by atoms with van der Waals surface area (Å²) >= 11 is 0. The molecule has 0 saturated heterocycles. The third-order valence-corrected chi connectivity index (χ3v) is 12.5. The van der Waals surface area contributed by atoms with E-state index in [0.717, 1.165) is 44.1 Å². The highest BCUT2D eigenvalue weighted by Crippen LogP contribution is 2.73. The lowest BCUT2D eigenvalue weighted by Gasteiger charge is -2.70. The summed E-state index contributed by atoms with van der Waals surface area (Å²) in [6.45, 7) is 13.2. The predicted octanol–water partition coefficient (Wildman–Crippen LogP) is 4.67. The van der Waals surface area contributed by atoms with Crippen LogP contribution in [0.1, 0.15) is 85.5 Å². The van der Waals surface area contributed by atoms with Gasteiger partial charge in [-0.05, 0) is 98.9 Å². The van der Waals surface area contributed by atoms with Crippen molar-refractivity contribution in [3.63, 3.8) is 0 Å². The zero-order chi connectivity index (χ0) is 24.9. The molecule has 10 atom stereocenters. The van der Waals surface area contributed by atoms with E-state index in [-0.39, 0.29) is 35.2 Å². The summed E-state index contributed by atoms with van der Waals surface area (Å²) in [5, 5.41) is 31.7. The molecule has 0 spiro atoms. The van der Waals surface area contributed by atoms with Crippen LogP contribution in [-0.2, 0) is 4.79 Å². The van der Waals surface area contributed by atoms with Gasteiger partial charge in [0.05, 0.1) is 18.1 Å². The lowest BCUT2D eigenvalue weighted by Crippen LogP contribution is -2.71. The Balaban J connectivity index is 1.62. The summed E-state index contributed by atoms with van der Waals surface area (Å²) in [7, 11) is 0. The number of hydrogen-bond donors (Lipinski definition) is 4. The highest BCUT2D eigenvalue weighted by atomic mass is 16.4. The Kier molecular flexibility index (Phi) is 5.36. The summed E-state index contributed by atoms with van der Waals surface area (Å²) in [6.07, 6.45) is 9.31. The van der Waals surface area contributed by atoms with E-state index in [4.69, 9.17) is 5.73 Å². The maximum Gasteiger partial charge on any atom is 0.310 e. The first-order valence-electron chi connectivity index (χ1n) is 13.5. The Labute approximate surface area is 204 Å². The summed E-state index contributed by atoms with van der Waals surface area (Å²) < 4.78 is 0. The van der Waals surface area contributed by atoms with Gasteiger partial charge >= 0.3 is 5.97 Å². The number of carboxylic acid groups (broad SMARTS) is 1. The van der Waals surface area contributed by atoms with Crippen LogP contribution in [0.5, 0.6) is 0 Å². The van der Waals surface area contributed by atoms with Crippen LogP contribution < -0.4 is 5.73 Å².